The molecule has 0 saturated carbocycles. The highest BCUT2D eigenvalue weighted by Gasteiger charge is 2.06. The molecular weight excluding hydrogens is 290 g/mol. The maximum atomic E-state index is 11.6. The summed E-state index contributed by atoms with van der Waals surface area (Å²) in [4.78, 5) is 31.0. The molecule has 0 aromatic carbocycles. The van der Waals surface area contributed by atoms with Gasteiger partial charge in [0.25, 0.3) is 0 Å². The normalized spacial score (nSPS) is 10.5. The smallest absolute Gasteiger partial charge is 0.330 e. The van der Waals surface area contributed by atoms with E-state index in [1.54, 1.807) is 19.3 Å². The van der Waals surface area contributed by atoms with Gasteiger partial charge < -0.3 is 4.74 Å². The highest BCUT2D eigenvalue weighted by molar-refractivity contribution is 7.14. The molecule has 0 bridgehead atoms. The van der Waals surface area contributed by atoms with Crippen LogP contribution in [-0.2, 0) is 14.3 Å². The van der Waals surface area contributed by atoms with Gasteiger partial charge in [-0.2, -0.15) is 0 Å². The number of thiazole rings is 1. The Hall–Kier alpha value is -2.54. The number of nitrogens with one attached hydrogen (secondary N) is 1. The molecule has 0 aliphatic carbocycles. The van der Waals surface area contributed by atoms with Crippen LogP contribution in [-0.4, -0.2) is 28.5 Å². The minimum atomic E-state index is -0.553. The molecule has 108 valence electrons. The van der Waals surface area contributed by atoms with Crippen molar-refractivity contribution in [2.75, 3.05) is 11.9 Å². The summed E-state index contributed by atoms with van der Waals surface area (Å²) in [6.07, 6.45) is 5.57. The van der Waals surface area contributed by atoms with Crippen molar-refractivity contribution in [3.63, 3.8) is 0 Å². The molecule has 1 N–H and O–H groups in total. The third kappa shape index (κ3) is 4.50. The van der Waals surface area contributed by atoms with Crippen LogP contribution >= 0.6 is 11.3 Å². The van der Waals surface area contributed by atoms with E-state index >= 15 is 0 Å². The first-order valence-corrected chi connectivity index (χ1v) is 7.08. The van der Waals surface area contributed by atoms with E-state index in [0.717, 1.165) is 23.4 Å². The van der Waals surface area contributed by atoms with Gasteiger partial charge in [-0.05, 0) is 19.1 Å². The average Bonchev–Trinajstić information content (AvgIpc) is 2.95. The molecule has 2 heterocycles. The number of ether oxygens (including phenoxy) is 1. The number of carbonyl (C=O) groups excluding carboxylic acids is 2. The second-order valence-corrected chi connectivity index (χ2v) is 4.71. The molecule has 0 aliphatic heterocycles. The number of pyridine rings is 1. The van der Waals surface area contributed by atoms with Gasteiger partial charge in [-0.1, -0.05) is 0 Å². The molecule has 21 heavy (non-hydrogen) atoms. The molecule has 2 rings (SSSR count). The summed E-state index contributed by atoms with van der Waals surface area (Å²) in [6.45, 7) is 1.97. The molecule has 0 atom stereocenters. The number of esters is 1. The molecule has 0 saturated heterocycles. The number of nitrogens with zero attached hydrogens (tertiary/aromatic N) is 2. The van der Waals surface area contributed by atoms with E-state index in [2.05, 4.69) is 20.0 Å². The topological polar surface area (TPSA) is 81.2 Å². The van der Waals surface area contributed by atoms with E-state index in [1.807, 2.05) is 17.5 Å². The number of carbonyl (C=O) groups is 2. The number of rotatable bonds is 5. The zero-order chi connectivity index (χ0) is 15.1. The lowest BCUT2D eigenvalue weighted by Gasteiger charge is -1.97. The van der Waals surface area contributed by atoms with E-state index in [-0.39, 0.29) is 6.61 Å². The summed E-state index contributed by atoms with van der Waals surface area (Å²) in [5, 5.41) is 4.86. The Morgan fingerprint density at radius 1 is 1.43 bits per heavy atom. The van der Waals surface area contributed by atoms with Gasteiger partial charge in [-0.3, -0.25) is 15.1 Å². The van der Waals surface area contributed by atoms with Crippen LogP contribution in [0.1, 0.15) is 6.92 Å². The van der Waals surface area contributed by atoms with Crippen molar-refractivity contribution < 1.29 is 14.3 Å². The summed E-state index contributed by atoms with van der Waals surface area (Å²) < 4.78 is 4.68. The van der Waals surface area contributed by atoms with Gasteiger partial charge in [0.1, 0.15) is 0 Å². The van der Waals surface area contributed by atoms with E-state index in [4.69, 9.17) is 0 Å². The van der Waals surface area contributed by atoms with E-state index in [0.29, 0.717) is 5.13 Å². The van der Waals surface area contributed by atoms with Crippen molar-refractivity contribution in [3.8, 4) is 11.3 Å². The van der Waals surface area contributed by atoms with Crippen LogP contribution in [0, 0.1) is 0 Å². The molecule has 0 aliphatic rings. The maximum Gasteiger partial charge on any atom is 0.330 e. The van der Waals surface area contributed by atoms with Crippen LogP contribution in [0.2, 0.25) is 0 Å². The number of amides is 1. The standard InChI is InChI=1S/C14H13N3O3S/c1-2-20-13(19)6-5-12(18)17-14-16-11(9-21-14)10-4-3-7-15-8-10/h3-9H,2H2,1H3,(H,16,17,18)/b6-5+. The van der Waals surface area contributed by atoms with Crippen molar-refractivity contribution in [3.05, 3.63) is 42.1 Å². The molecule has 0 radical (unpaired) electrons. The number of hydrogen-bond acceptors (Lipinski definition) is 6. The van der Waals surface area contributed by atoms with E-state index in [1.165, 1.54) is 11.3 Å². The van der Waals surface area contributed by atoms with Crippen molar-refractivity contribution in [1.82, 2.24) is 9.97 Å². The highest BCUT2D eigenvalue weighted by Crippen LogP contribution is 2.23. The quantitative estimate of drug-likeness (QED) is 0.677. The van der Waals surface area contributed by atoms with Gasteiger partial charge in [0.15, 0.2) is 5.13 Å². The summed E-state index contributed by atoms with van der Waals surface area (Å²) in [5.74, 6) is -0.988. The Kier molecular flexibility index (Phi) is 5.16. The minimum Gasteiger partial charge on any atom is -0.463 e. The van der Waals surface area contributed by atoms with E-state index < -0.39 is 11.9 Å². The molecule has 1 amide bonds. The van der Waals surface area contributed by atoms with E-state index in [9.17, 15) is 9.59 Å². The summed E-state index contributed by atoms with van der Waals surface area (Å²) in [7, 11) is 0. The zero-order valence-electron chi connectivity index (χ0n) is 11.3. The predicted molar refractivity (Wildman–Crippen MR) is 79.7 cm³/mol. The Bertz CT molecular complexity index is 652. The minimum absolute atomic E-state index is 0.270. The van der Waals surface area contributed by atoms with Crippen LogP contribution < -0.4 is 5.32 Å². The SMILES string of the molecule is CCOC(=O)/C=C/C(=O)Nc1nc(-c2cccnc2)cs1. The van der Waals surface area contributed by atoms with Crippen molar-refractivity contribution >= 4 is 28.3 Å². The Labute approximate surface area is 125 Å². The third-order valence-corrected chi connectivity index (χ3v) is 3.11. The van der Waals surface area contributed by atoms with Crippen LogP contribution in [0.25, 0.3) is 11.3 Å². The first-order valence-electron chi connectivity index (χ1n) is 6.20. The fourth-order valence-electron chi connectivity index (χ4n) is 1.46. The lowest BCUT2D eigenvalue weighted by Crippen LogP contribution is -2.09. The van der Waals surface area contributed by atoms with Gasteiger partial charge in [-0.25, -0.2) is 9.78 Å². The molecule has 6 nitrogen and oxygen atoms in total. The monoisotopic (exact) mass is 303 g/mol. The molecule has 2 aromatic rings. The molecule has 0 fully saturated rings. The lowest BCUT2D eigenvalue weighted by atomic mass is 10.2. The van der Waals surface area contributed by atoms with Crippen molar-refractivity contribution in [2.45, 2.75) is 6.92 Å². The first-order chi connectivity index (χ1) is 10.2. The Morgan fingerprint density at radius 3 is 3.00 bits per heavy atom. The zero-order valence-corrected chi connectivity index (χ0v) is 12.1. The highest BCUT2D eigenvalue weighted by atomic mass is 32.1. The predicted octanol–water partition coefficient (Wildman–Crippen LogP) is 2.26. The van der Waals surface area contributed by atoms with Gasteiger partial charge in [0.05, 0.1) is 12.3 Å². The number of anilines is 1. The molecular formula is C14H13N3O3S. The van der Waals surface area contributed by atoms with Crippen LogP contribution in [0.4, 0.5) is 5.13 Å². The first kappa shape index (κ1) is 14.9. The fraction of sp³-hybridized carbons (Fsp3) is 0.143. The Morgan fingerprint density at radius 2 is 2.29 bits per heavy atom. The van der Waals surface area contributed by atoms with Crippen LogP contribution in [0.15, 0.2) is 42.1 Å². The lowest BCUT2D eigenvalue weighted by molar-refractivity contribution is -0.137. The second kappa shape index (κ2) is 7.30. The van der Waals surface area contributed by atoms with Crippen molar-refractivity contribution in [1.29, 1.82) is 0 Å². The van der Waals surface area contributed by atoms with Gasteiger partial charge >= 0.3 is 5.97 Å². The maximum absolute atomic E-state index is 11.6. The fourth-order valence-corrected chi connectivity index (χ4v) is 2.18. The number of aromatic nitrogens is 2. The molecule has 2 aromatic heterocycles. The van der Waals surface area contributed by atoms with Gasteiger partial charge in [0, 0.05) is 35.5 Å². The van der Waals surface area contributed by atoms with Gasteiger partial charge in [-0.15, -0.1) is 11.3 Å². The molecule has 0 unspecified atom stereocenters. The average molecular weight is 303 g/mol. The summed E-state index contributed by atoms with van der Waals surface area (Å²) >= 11 is 1.30. The van der Waals surface area contributed by atoms with Gasteiger partial charge in [0.2, 0.25) is 5.91 Å². The second-order valence-electron chi connectivity index (χ2n) is 3.85. The molecule has 7 heteroatoms. The summed E-state index contributed by atoms with van der Waals surface area (Å²) in [5.41, 5.74) is 1.61. The Balaban J connectivity index is 1.97. The van der Waals surface area contributed by atoms with Crippen molar-refractivity contribution in [2.24, 2.45) is 0 Å². The molecule has 0 spiro atoms. The largest absolute Gasteiger partial charge is 0.463 e. The third-order valence-electron chi connectivity index (χ3n) is 2.35. The van der Waals surface area contributed by atoms with Crippen LogP contribution in [0.5, 0.6) is 0 Å². The number of hydrogen-bond donors (Lipinski definition) is 1. The summed E-state index contributed by atoms with van der Waals surface area (Å²) in [6, 6.07) is 3.70. The van der Waals surface area contributed by atoms with Crippen LogP contribution in [0.3, 0.4) is 0 Å².